The molecule has 4 N–H and O–H groups in total. The number of aliphatic hydroxyl groups is 3. The van der Waals surface area contributed by atoms with Crippen LogP contribution in [0.15, 0.2) is 188 Å². The Kier molecular flexibility index (Phi) is 20.3. The molecule has 9 rings (SSSR count). The third-order valence-electron chi connectivity index (χ3n) is 12.2. The van der Waals surface area contributed by atoms with Crippen molar-refractivity contribution in [1.82, 2.24) is 9.97 Å². The Morgan fingerprint density at radius 1 is 0.519 bits per heavy atom. The topological polar surface area (TPSA) is 161 Å². The van der Waals surface area contributed by atoms with Gasteiger partial charge in [-0.25, -0.2) is 14.7 Å². The number of carbonyl (C=O) groups is 1. The minimum absolute atomic E-state index is 0.130. The first kappa shape index (κ1) is 55.3. The van der Waals surface area contributed by atoms with E-state index in [-0.39, 0.29) is 13.2 Å². The maximum Gasteiger partial charge on any atom is 0.187 e. The number of ketones is 1. The number of nitrogens with zero attached hydrogens (tertiary/aromatic N) is 3. The van der Waals surface area contributed by atoms with Gasteiger partial charge in [0, 0.05) is 12.1 Å². The molecule has 0 aliphatic rings. The lowest BCUT2D eigenvalue weighted by Gasteiger charge is -2.15. The van der Waals surface area contributed by atoms with Crippen LogP contribution in [0.25, 0.3) is 43.3 Å². The van der Waals surface area contributed by atoms with Crippen LogP contribution in [0.3, 0.4) is 0 Å². The monoisotopic (exact) mass is 1030 g/mol. The lowest BCUT2D eigenvalue weighted by atomic mass is 9.97. The molecule has 0 fully saturated rings. The number of hydrogen-bond acceptors (Lipinski definition) is 10. The summed E-state index contributed by atoms with van der Waals surface area (Å²) in [5.41, 5.74) is 13.7. The number of benzene rings is 8. The molecule has 0 unspecified atom stereocenters. The molecule has 0 saturated heterocycles. The molecule has 13 nitrogen and oxygen atoms in total. The van der Waals surface area contributed by atoms with Crippen LogP contribution in [-0.2, 0) is 37.8 Å². The zero-order valence-electron chi connectivity index (χ0n) is 43.0. The molecule has 9 aromatic rings. The standard InChI is InChI=1S/C32H27N3O3.C29H25NO3.C3H6O3/c1-22-25(11-7-13-29(22)24-9-4-3-5-10-24)21-37-28-14-15-30(32-34-18-27(19-36)35-32)31(17-28)38-20-23-8-6-12-26(16-23)33-2;1-21-24(12-8-14-27(21)23-10-5-4-6-11-23)20-32-26-15-16-28(31-3)29(18-26)33-19-22-9-7-13-25(17-22)30-2;4-1-3(6)2-5/h3-18,36H,19-21H2,1H3,(H,34,35);4-18H,19-20H2,1,3H3;4-5H,1-2H2. The van der Waals surface area contributed by atoms with Crippen molar-refractivity contribution < 1.29 is 43.8 Å². The van der Waals surface area contributed by atoms with E-state index in [9.17, 15) is 9.90 Å². The van der Waals surface area contributed by atoms with Crippen LogP contribution >= 0.6 is 0 Å². The minimum Gasteiger partial charge on any atom is -0.493 e. The zero-order chi connectivity index (χ0) is 54.4. The molecule has 1 heterocycles. The summed E-state index contributed by atoms with van der Waals surface area (Å²) in [5, 5.41) is 25.1. The quantitative estimate of drug-likeness (QED) is 0.0574. The normalized spacial score (nSPS) is 10.3. The molecule has 0 atom stereocenters. The number of aromatic nitrogens is 2. The van der Waals surface area contributed by atoms with Crippen LogP contribution in [0.5, 0.6) is 28.7 Å². The van der Waals surface area contributed by atoms with Crippen molar-refractivity contribution in [1.29, 1.82) is 0 Å². The molecule has 1 aromatic heterocycles. The number of Topliss-reactive ketones (excluding diaryl/α,β-unsaturated/α-hetero) is 1. The van der Waals surface area contributed by atoms with E-state index in [1.807, 2.05) is 97.1 Å². The van der Waals surface area contributed by atoms with Gasteiger partial charge in [0.1, 0.15) is 62.7 Å². The van der Waals surface area contributed by atoms with Crippen LogP contribution in [0, 0.1) is 27.0 Å². The number of rotatable bonds is 19. The number of H-pyrrole nitrogens is 1. The van der Waals surface area contributed by atoms with Gasteiger partial charge in [0.05, 0.1) is 44.3 Å². The van der Waals surface area contributed by atoms with Gasteiger partial charge in [-0.1, -0.05) is 133 Å². The highest BCUT2D eigenvalue weighted by molar-refractivity contribution is 5.80. The molecule has 0 radical (unpaired) electrons. The largest absolute Gasteiger partial charge is 0.493 e. The number of imidazole rings is 1. The predicted octanol–water partition coefficient (Wildman–Crippen LogP) is 13.2. The van der Waals surface area contributed by atoms with Gasteiger partial charge in [0.15, 0.2) is 28.7 Å². The number of methoxy groups -OCH3 is 1. The van der Waals surface area contributed by atoms with Crippen molar-refractivity contribution in [3.8, 4) is 62.4 Å². The maximum atomic E-state index is 9.68. The van der Waals surface area contributed by atoms with Crippen LogP contribution in [-0.4, -0.2) is 51.4 Å². The summed E-state index contributed by atoms with van der Waals surface area (Å²) in [5.74, 6) is 3.22. The molecule has 388 valence electrons. The second kappa shape index (κ2) is 28.2. The van der Waals surface area contributed by atoms with Crippen molar-refractivity contribution >= 4 is 17.2 Å². The van der Waals surface area contributed by atoms with Gasteiger partial charge in [-0.3, -0.25) is 4.79 Å². The first-order valence-corrected chi connectivity index (χ1v) is 24.6. The van der Waals surface area contributed by atoms with Gasteiger partial charge in [0.25, 0.3) is 0 Å². The van der Waals surface area contributed by atoms with Crippen molar-refractivity contribution in [2.75, 3.05) is 20.3 Å². The molecular formula is C64H58N4O9. The molecule has 8 aromatic carbocycles. The fourth-order valence-corrected chi connectivity index (χ4v) is 8.01. The summed E-state index contributed by atoms with van der Waals surface area (Å²) in [6.07, 6.45) is 1.60. The molecule has 0 bridgehead atoms. The lowest BCUT2D eigenvalue weighted by Crippen LogP contribution is -2.07. The van der Waals surface area contributed by atoms with Crippen LogP contribution in [0.2, 0.25) is 0 Å². The summed E-state index contributed by atoms with van der Waals surface area (Å²) < 4.78 is 30.0. The minimum atomic E-state index is -0.559. The number of aliphatic hydroxyl groups excluding tert-OH is 3. The second-order valence-corrected chi connectivity index (χ2v) is 17.4. The first-order chi connectivity index (χ1) is 37.6. The summed E-state index contributed by atoms with van der Waals surface area (Å²) in [6.45, 7) is 18.9. The van der Waals surface area contributed by atoms with Crippen molar-refractivity contribution in [3.63, 3.8) is 0 Å². The Labute approximate surface area is 448 Å². The third-order valence-corrected chi connectivity index (χ3v) is 12.2. The smallest absolute Gasteiger partial charge is 0.187 e. The van der Waals surface area contributed by atoms with E-state index in [0.29, 0.717) is 71.5 Å². The second-order valence-electron chi connectivity index (χ2n) is 17.4. The van der Waals surface area contributed by atoms with Gasteiger partial charge in [0.2, 0.25) is 0 Å². The highest BCUT2D eigenvalue weighted by Crippen LogP contribution is 2.36. The number of carbonyl (C=O) groups excluding carboxylic acids is 1. The Balaban J connectivity index is 0.000000204. The van der Waals surface area contributed by atoms with Crippen molar-refractivity contribution in [2.24, 2.45) is 0 Å². The highest BCUT2D eigenvalue weighted by Gasteiger charge is 2.15. The molecule has 0 spiro atoms. The van der Waals surface area contributed by atoms with Crippen LogP contribution in [0.4, 0.5) is 11.4 Å². The van der Waals surface area contributed by atoms with Crippen LogP contribution < -0.4 is 23.7 Å². The van der Waals surface area contributed by atoms with E-state index in [4.69, 9.17) is 47.0 Å². The number of hydrogen-bond donors (Lipinski definition) is 4. The Bertz CT molecular complexity index is 3450. The van der Waals surface area contributed by atoms with E-state index in [1.54, 1.807) is 25.4 Å². The molecule has 77 heavy (non-hydrogen) atoms. The van der Waals surface area contributed by atoms with Gasteiger partial charge in [-0.2, -0.15) is 0 Å². The van der Waals surface area contributed by atoms with Crippen molar-refractivity contribution in [3.05, 3.63) is 250 Å². The summed E-state index contributed by atoms with van der Waals surface area (Å²) >= 11 is 0. The van der Waals surface area contributed by atoms with Gasteiger partial charge in [-0.15, -0.1) is 0 Å². The third kappa shape index (κ3) is 15.5. The summed E-state index contributed by atoms with van der Waals surface area (Å²) in [4.78, 5) is 24.2. The molecule has 0 amide bonds. The van der Waals surface area contributed by atoms with E-state index in [0.717, 1.165) is 27.8 Å². The lowest BCUT2D eigenvalue weighted by molar-refractivity contribution is -0.124. The summed E-state index contributed by atoms with van der Waals surface area (Å²) in [7, 11) is 1.61. The Hall–Kier alpha value is -9.50. The fourth-order valence-electron chi connectivity index (χ4n) is 8.01. The molecule has 13 heteroatoms. The molecule has 0 aliphatic heterocycles. The number of aromatic amines is 1. The van der Waals surface area contributed by atoms with Crippen molar-refractivity contribution in [2.45, 2.75) is 46.9 Å². The Morgan fingerprint density at radius 2 is 1.01 bits per heavy atom. The first-order valence-electron chi connectivity index (χ1n) is 24.6. The van der Waals surface area contributed by atoms with E-state index < -0.39 is 19.0 Å². The number of nitrogens with one attached hydrogen (secondary N) is 1. The summed E-state index contributed by atoms with van der Waals surface area (Å²) in [6, 6.07) is 59.2. The molecule has 0 aliphatic carbocycles. The predicted molar refractivity (Wildman–Crippen MR) is 298 cm³/mol. The fraction of sp³-hybridized carbons (Fsp3) is 0.156. The van der Waals surface area contributed by atoms with Gasteiger partial charge >= 0.3 is 0 Å². The average Bonchev–Trinajstić information content (AvgIpc) is 3.98. The molecular weight excluding hydrogens is 969 g/mol. The highest BCUT2D eigenvalue weighted by atomic mass is 16.5. The Morgan fingerprint density at radius 3 is 1.48 bits per heavy atom. The SMILES string of the molecule is O=C(CO)CO.[C-]#[N+]c1cccc(COc2cc(OCc3cccc(-c4ccccc4)c3C)ccc2-c2ncc(CO)[nH]2)c1.[C-]#[N+]c1cccc(COc2cc(OCc3cccc(-c4ccccc4)c3C)ccc2OC)c1. The van der Waals surface area contributed by atoms with E-state index in [2.05, 4.69) is 106 Å². The van der Waals surface area contributed by atoms with E-state index >= 15 is 0 Å². The van der Waals surface area contributed by atoms with E-state index in [1.165, 1.54) is 33.4 Å². The van der Waals surface area contributed by atoms with Gasteiger partial charge in [-0.05, 0) is 106 Å². The number of ether oxygens (including phenoxy) is 5. The van der Waals surface area contributed by atoms with Gasteiger partial charge < -0.3 is 44.0 Å². The average molecular weight is 1030 g/mol. The molecule has 0 saturated carbocycles. The maximum absolute atomic E-state index is 9.68. The van der Waals surface area contributed by atoms with Crippen LogP contribution in [0.1, 0.15) is 39.1 Å². The zero-order valence-corrected chi connectivity index (χ0v) is 43.0.